The lowest BCUT2D eigenvalue weighted by Crippen LogP contribution is -2.34. The standard InChI is InChI=1S/C8H11IN2O2/c9-6-3-10-11(4-6)7-5-13-2-1-8(7)12/h3-4,7-8,12H,1-2,5H2. The van der Waals surface area contributed by atoms with Crippen LogP contribution >= 0.6 is 22.6 Å². The number of ether oxygens (including phenoxy) is 1. The molecule has 0 saturated carbocycles. The zero-order valence-corrected chi connectivity index (χ0v) is 9.22. The highest BCUT2D eigenvalue weighted by Gasteiger charge is 2.25. The van der Waals surface area contributed by atoms with E-state index in [1.807, 2.05) is 6.20 Å². The van der Waals surface area contributed by atoms with Crippen LogP contribution in [0.4, 0.5) is 0 Å². The summed E-state index contributed by atoms with van der Waals surface area (Å²) in [5.41, 5.74) is 0. The summed E-state index contributed by atoms with van der Waals surface area (Å²) in [5.74, 6) is 0. The number of hydrogen-bond acceptors (Lipinski definition) is 3. The summed E-state index contributed by atoms with van der Waals surface area (Å²) in [6.07, 6.45) is 4.07. The molecule has 1 aliphatic heterocycles. The third-order valence-corrected chi connectivity index (χ3v) is 2.76. The van der Waals surface area contributed by atoms with Crippen molar-refractivity contribution in [2.75, 3.05) is 13.2 Å². The van der Waals surface area contributed by atoms with E-state index in [2.05, 4.69) is 27.7 Å². The van der Waals surface area contributed by atoms with Crippen molar-refractivity contribution in [3.8, 4) is 0 Å². The quantitative estimate of drug-likeness (QED) is 0.780. The minimum absolute atomic E-state index is 0.0164. The number of aliphatic hydroxyl groups is 1. The normalized spacial score (nSPS) is 29.1. The minimum atomic E-state index is -0.329. The van der Waals surface area contributed by atoms with Crippen molar-refractivity contribution in [3.05, 3.63) is 16.0 Å². The average molecular weight is 294 g/mol. The van der Waals surface area contributed by atoms with Gasteiger partial charge in [-0.15, -0.1) is 0 Å². The number of hydrogen-bond donors (Lipinski definition) is 1. The van der Waals surface area contributed by atoms with Crippen LogP contribution in [0.1, 0.15) is 12.5 Å². The average Bonchev–Trinajstić information content (AvgIpc) is 2.53. The van der Waals surface area contributed by atoms with Gasteiger partial charge in [0, 0.05) is 12.8 Å². The number of aromatic nitrogens is 2. The molecule has 4 nitrogen and oxygen atoms in total. The van der Waals surface area contributed by atoms with E-state index in [1.54, 1.807) is 10.9 Å². The van der Waals surface area contributed by atoms with Gasteiger partial charge in [0.15, 0.2) is 0 Å². The van der Waals surface area contributed by atoms with Gasteiger partial charge >= 0.3 is 0 Å². The Bertz CT molecular complexity index is 289. The number of halogens is 1. The first-order valence-electron chi connectivity index (χ1n) is 4.23. The fourth-order valence-corrected chi connectivity index (χ4v) is 1.87. The third-order valence-electron chi connectivity index (χ3n) is 2.20. The Kier molecular flexibility index (Phi) is 2.85. The van der Waals surface area contributed by atoms with E-state index in [0.29, 0.717) is 19.6 Å². The molecule has 2 rings (SSSR count). The molecule has 0 aliphatic carbocycles. The summed E-state index contributed by atoms with van der Waals surface area (Å²) < 4.78 is 8.16. The second-order valence-corrected chi connectivity index (χ2v) is 4.38. The lowest BCUT2D eigenvalue weighted by molar-refractivity contribution is -0.0330. The van der Waals surface area contributed by atoms with E-state index in [9.17, 15) is 5.11 Å². The molecule has 1 N–H and O–H groups in total. The van der Waals surface area contributed by atoms with E-state index < -0.39 is 0 Å². The van der Waals surface area contributed by atoms with E-state index in [-0.39, 0.29) is 12.1 Å². The molecular weight excluding hydrogens is 283 g/mol. The number of nitrogens with zero attached hydrogens (tertiary/aromatic N) is 2. The van der Waals surface area contributed by atoms with Crippen LogP contribution in [0.3, 0.4) is 0 Å². The van der Waals surface area contributed by atoms with Gasteiger partial charge in [0.05, 0.1) is 22.5 Å². The van der Waals surface area contributed by atoms with Gasteiger partial charge in [-0.1, -0.05) is 0 Å². The molecule has 13 heavy (non-hydrogen) atoms. The van der Waals surface area contributed by atoms with Crippen molar-refractivity contribution in [1.82, 2.24) is 9.78 Å². The zero-order chi connectivity index (χ0) is 9.26. The van der Waals surface area contributed by atoms with Crippen molar-refractivity contribution < 1.29 is 9.84 Å². The topological polar surface area (TPSA) is 47.3 Å². The Morgan fingerprint density at radius 2 is 2.54 bits per heavy atom. The van der Waals surface area contributed by atoms with E-state index in [1.165, 1.54) is 0 Å². The van der Waals surface area contributed by atoms with Crippen molar-refractivity contribution >= 4 is 22.6 Å². The summed E-state index contributed by atoms with van der Waals surface area (Å²) in [6, 6.07) is -0.0164. The molecule has 5 heteroatoms. The SMILES string of the molecule is OC1CCOCC1n1cc(I)cn1. The lowest BCUT2D eigenvalue weighted by atomic mass is 10.1. The predicted molar refractivity (Wildman–Crippen MR) is 55.4 cm³/mol. The first-order valence-corrected chi connectivity index (χ1v) is 5.31. The Morgan fingerprint density at radius 3 is 3.15 bits per heavy atom. The molecule has 1 saturated heterocycles. The van der Waals surface area contributed by atoms with E-state index in [4.69, 9.17) is 4.74 Å². The first kappa shape index (κ1) is 9.42. The minimum Gasteiger partial charge on any atom is -0.391 e. The molecule has 0 radical (unpaired) electrons. The molecule has 0 amide bonds. The predicted octanol–water partition coefficient (Wildman–Crippen LogP) is 0.810. The second kappa shape index (κ2) is 3.93. The maximum Gasteiger partial charge on any atom is 0.101 e. The summed E-state index contributed by atoms with van der Waals surface area (Å²) in [4.78, 5) is 0. The Balaban J connectivity index is 2.14. The van der Waals surface area contributed by atoms with Gasteiger partial charge in [-0.25, -0.2) is 0 Å². The summed E-state index contributed by atoms with van der Waals surface area (Å²) >= 11 is 2.20. The molecule has 2 unspecified atom stereocenters. The van der Waals surface area contributed by atoms with Crippen LogP contribution in [0.15, 0.2) is 12.4 Å². The van der Waals surface area contributed by atoms with Crippen LogP contribution < -0.4 is 0 Å². The van der Waals surface area contributed by atoms with Gasteiger partial charge in [0.2, 0.25) is 0 Å². The Hall–Kier alpha value is -0.140. The smallest absolute Gasteiger partial charge is 0.101 e. The fraction of sp³-hybridized carbons (Fsp3) is 0.625. The Morgan fingerprint density at radius 1 is 1.69 bits per heavy atom. The van der Waals surface area contributed by atoms with Crippen molar-refractivity contribution in [2.24, 2.45) is 0 Å². The van der Waals surface area contributed by atoms with Gasteiger partial charge in [-0.3, -0.25) is 4.68 Å². The van der Waals surface area contributed by atoms with E-state index in [0.717, 1.165) is 3.57 Å². The maximum absolute atomic E-state index is 9.69. The summed E-state index contributed by atoms with van der Waals surface area (Å²) in [5, 5.41) is 13.8. The van der Waals surface area contributed by atoms with Crippen molar-refractivity contribution in [1.29, 1.82) is 0 Å². The van der Waals surface area contributed by atoms with Crippen LogP contribution in [0.2, 0.25) is 0 Å². The van der Waals surface area contributed by atoms with E-state index >= 15 is 0 Å². The molecule has 72 valence electrons. The maximum atomic E-state index is 9.69. The number of rotatable bonds is 1. The van der Waals surface area contributed by atoms with Crippen LogP contribution in [0.25, 0.3) is 0 Å². The van der Waals surface area contributed by atoms with Crippen LogP contribution in [0.5, 0.6) is 0 Å². The fourth-order valence-electron chi connectivity index (χ4n) is 1.46. The summed E-state index contributed by atoms with van der Waals surface area (Å²) in [7, 11) is 0. The van der Waals surface area contributed by atoms with Gasteiger partial charge < -0.3 is 9.84 Å². The first-order chi connectivity index (χ1) is 6.27. The highest BCUT2D eigenvalue weighted by molar-refractivity contribution is 14.1. The molecule has 0 spiro atoms. The van der Waals surface area contributed by atoms with Crippen LogP contribution in [-0.4, -0.2) is 34.2 Å². The number of aliphatic hydroxyl groups excluding tert-OH is 1. The second-order valence-electron chi connectivity index (χ2n) is 3.14. The van der Waals surface area contributed by atoms with Gasteiger partial charge in [0.25, 0.3) is 0 Å². The molecule has 0 aromatic carbocycles. The molecule has 1 aliphatic rings. The monoisotopic (exact) mass is 294 g/mol. The zero-order valence-electron chi connectivity index (χ0n) is 7.06. The molecular formula is C8H11IN2O2. The van der Waals surface area contributed by atoms with Crippen LogP contribution in [-0.2, 0) is 4.74 Å². The van der Waals surface area contributed by atoms with Crippen molar-refractivity contribution in [2.45, 2.75) is 18.6 Å². The molecule has 1 aromatic heterocycles. The van der Waals surface area contributed by atoms with Crippen LogP contribution in [0, 0.1) is 3.57 Å². The highest BCUT2D eigenvalue weighted by atomic mass is 127. The van der Waals surface area contributed by atoms with Gasteiger partial charge in [-0.05, 0) is 29.0 Å². The Labute approximate surface area is 90.0 Å². The molecule has 1 aromatic rings. The molecule has 2 atom stereocenters. The molecule has 1 fully saturated rings. The van der Waals surface area contributed by atoms with Gasteiger partial charge in [0.1, 0.15) is 6.04 Å². The molecule has 2 heterocycles. The largest absolute Gasteiger partial charge is 0.391 e. The van der Waals surface area contributed by atoms with Crippen molar-refractivity contribution in [3.63, 3.8) is 0 Å². The third kappa shape index (κ3) is 2.03. The highest BCUT2D eigenvalue weighted by Crippen LogP contribution is 2.19. The van der Waals surface area contributed by atoms with Gasteiger partial charge in [-0.2, -0.15) is 5.10 Å². The lowest BCUT2D eigenvalue weighted by Gasteiger charge is -2.27. The summed E-state index contributed by atoms with van der Waals surface area (Å²) in [6.45, 7) is 1.20. The molecule has 0 bridgehead atoms.